The van der Waals surface area contributed by atoms with Crippen molar-refractivity contribution in [1.82, 2.24) is 24.8 Å². The van der Waals surface area contributed by atoms with Crippen molar-refractivity contribution in [3.05, 3.63) is 95.3 Å². The number of carbonyl (C=O) groups excluding carboxylic acids is 2. The second-order valence-electron chi connectivity index (χ2n) is 9.57. The number of aromatic hydroxyl groups is 1. The van der Waals surface area contributed by atoms with E-state index in [1.807, 2.05) is 53.1 Å². The van der Waals surface area contributed by atoms with E-state index in [1.54, 1.807) is 12.3 Å². The fraction of sp³-hybridized carbons (Fsp3) is 0.167. The molecule has 0 aliphatic heterocycles. The summed E-state index contributed by atoms with van der Waals surface area (Å²) in [5.74, 6) is 0.945. The zero-order chi connectivity index (χ0) is 27.5. The Morgan fingerprint density at radius 1 is 1.05 bits per heavy atom. The molecule has 0 fully saturated rings. The quantitative estimate of drug-likeness (QED) is 0.255. The number of hydrogen-bond donors (Lipinski definition) is 3. The van der Waals surface area contributed by atoms with Crippen molar-refractivity contribution in [3.63, 3.8) is 0 Å². The average molecular weight is 521 g/mol. The van der Waals surface area contributed by atoms with Crippen LogP contribution in [-0.4, -0.2) is 36.8 Å². The molecule has 5 rings (SSSR count). The molecule has 0 aliphatic carbocycles. The zero-order valence-electron chi connectivity index (χ0n) is 21.6. The van der Waals surface area contributed by atoms with Gasteiger partial charge < -0.3 is 16.2 Å². The summed E-state index contributed by atoms with van der Waals surface area (Å²) in [7, 11) is 0. The molecule has 4 N–H and O–H groups in total. The number of imidazole rings is 1. The first-order valence-electron chi connectivity index (χ1n) is 12.6. The topological polar surface area (TPSA) is 136 Å². The molecule has 0 atom stereocenters. The van der Waals surface area contributed by atoms with Crippen LogP contribution in [0.5, 0.6) is 5.75 Å². The Bertz CT molecular complexity index is 1670. The van der Waals surface area contributed by atoms with Crippen molar-refractivity contribution >= 4 is 29.2 Å². The van der Waals surface area contributed by atoms with Crippen molar-refractivity contribution in [2.45, 2.75) is 32.7 Å². The highest BCUT2D eigenvalue weighted by atomic mass is 16.3. The van der Waals surface area contributed by atoms with Gasteiger partial charge in [-0.15, -0.1) is 0 Å². The molecule has 0 aliphatic rings. The summed E-state index contributed by atoms with van der Waals surface area (Å²) in [5.41, 5.74) is 11.9. The van der Waals surface area contributed by atoms with Gasteiger partial charge in [-0.2, -0.15) is 0 Å². The molecule has 0 spiro atoms. The number of amides is 1. The number of phenolic OH excluding ortho intramolecular Hbond substituents is 1. The highest BCUT2D eigenvalue weighted by molar-refractivity contribution is 5.83. The molecule has 9 heteroatoms. The van der Waals surface area contributed by atoms with Crippen LogP contribution in [0.15, 0.2) is 72.9 Å². The number of pyridine rings is 2. The molecule has 5 aromatic rings. The fourth-order valence-corrected chi connectivity index (χ4v) is 4.34. The Balaban J connectivity index is 1.40. The van der Waals surface area contributed by atoms with Crippen LogP contribution in [0.2, 0.25) is 0 Å². The van der Waals surface area contributed by atoms with Crippen LogP contribution < -0.4 is 11.1 Å². The van der Waals surface area contributed by atoms with E-state index in [1.165, 1.54) is 12.1 Å². The van der Waals surface area contributed by atoms with Gasteiger partial charge in [0.1, 0.15) is 17.1 Å². The number of nitrogens with one attached hydrogen (secondary N) is 1. The van der Waals surface area contributed by atoms with Crippen LogP contribution >= 0.6 is 0 Å². The van der Waals surface area contributed by atoms with Crippen LogP contribution in [0.4, 0.5) is 5.82 Å². The number of nitrogens with two attached hydrogens (primary N) is 1. The third kappa shape index (κ3) is 5.33. The summed E-state index contributed by atoms with van der Waals surface area (Å²) >= 11 is 0. The minimum Gasteiger partial charge on any atom is -0.507 e. The molecule has 3 heterocycles. The summed E-state index contributed by atoms with van der Waals surface area (Å²) in [6.45, 7) is 4.53. The van der Waals surface area contributed by atoms with E-state index < -0.39 is 0 Å². The maximum Gasteiger partial charge on any atom is 0.224 e. The zero-order valence-corrected chi connectivity index (χ0v) is 21.6. The number of carbonyl (C=O) groups is 2. The van der Waals surface area contributed by atoms with Gasteiger partial charge in [-0.1, -0.05) is 32.0 Å². The predicted octanol–water partition coefficient (Wildman–Crippen LogP) is 4.57. The molecular weight excluding hydrogens is 492 g/mol. The summed E-state index contributed by atoms with van der Waals surface area (Å²) in [6.07, 6.45) is 2.31. The first-order valence-corrected chi connectivity index (χ1v) is 12.6. The molecule has 0 saturated heterocycles. The average Bonchev–Trinajstić information content (AvgIpc) is 3.31. The first kappa shape index (κ1) is 25.6. The number of benzene rings is 2. The number of rotatable bonds is 8. The van der Waals surface area contributed by atoms with Gasteiger partial charge in [0.05, 0.1) is 17.5 Å². The largest absolute Gasteiger partial charge is 0.507 e. The molecule has 2 aromatic carbocycles. The monoisotopic (exact) mass is 520 g/mol. The van der Waals surface area contributed by atoms with Crippen molar-refractivity contribution in [1.29, 1.82) is 0 Å². The lowest BCUT2D eigenvalue weighted by molar-refractivity contribution is -0.120. The Hall–Kier alpha value is -5.05. The van der Waals surface area contributed by atoms with E-state index >= 15 is 0 Å². The van der Waals surface area contributed by atoms with E-state index in [9.17, 15) is 14.7 Å². The van der Waals surface area contributed by atoms with E-state index in [2.05, 4.69) is 24.1 Å². The Morgan fingerprint density at radius 2 is 1.82 bits per heavy atom. The third-order valence-electron chi connectivity index (χ3n) is 6.47. The van der Waals surface area contributed by atoms with Gasteiger partial charge in [-0.25, -0.2) is 15.0 Å². The van der Waals surface area contributed by atoms with Crippen molar-refractivity contribution in [2.24, 2.45) is 0 Å². The number of aldehydes is 1. The Labute approximate surface area is 225 Å². The Morgan fingerprint density at radius 3 is 2.51 bits per heavy atom. The maximum absolute atomic E-state index is 12.5. The van der Waals surface area contributed by atoms with Gasteiger partial charge in [0, 0.05) is 24.1 Å². The molecule has 39 heavy (non-hydrogen) atoms. The van der Waals surface area contributed by atoms with Crippen LogP contribution in [0.25, 0.3) is 28.2 Å². The van der Waals surface area contributed by atoms with E-state index in [4.69, 9.17) is 15.7 Å². The lowest BCUT2D eigenvalue weighted by Gasteiger charge is -2.12. The van der Waals surface area contributed by atoms with Gasteiger partial charge in [-0.05, 0) is 65.6 Å². The van der Waals surface area contributed by atoms with Crippen molar-refractivity contribution in [2.75, 3.05) is 5.73 Å². The minimum atomic E-state index is -0.197. The summed E-state index contributed by atoms with van der Waals surface area (Å²) < 4.78 is 1.98. The second kappa shape index (κ2) is 10.7. The van der Waals surface area contributed by atoms with Crippen LogP contribution in [0.1, 0.15) is 46.9 Å². The van der Waals surface area contributed by atoms with E-state index in [0.29, 0.717) is 35.6 Å². The smallest absolute Gasteiger partial charge is 0.224 e. The third-order valence-corrected chi connectivity index (χ3v) is 6.47. The molecule has 0 unspecified atom stereocenters. The van der Waals surface area contributed by atoms with Crippen LogP contribution in [0, 0.1) is 0 Å². The summed E-state index contributed by atoms with van der Waals surface area (Å²) in [6, 6.07) is 20.0. The number of anilines is 1. The van der Waals surface area contributed by atoms with E-state index in [-0.39, 0.29) is 29.6 Å². The highest BCUT2D eigenvalue weighted by Crippen LogP contribution is 2.31. The van der Waals surface area contributed by atoms with Crippen LogP contribution in [0.3, 0.4) is 0 Å². The Kier molecular flexibility index (Phi) is 7.05. The number of nitrogen functional groups attached to an aromatic ring is 1. The number of fused-ring (bicyclic) bond motifs is 1. The second-order valence-corrected chi connectivity index (χ2v) is 9.57. The maximum atomic E-state index is 12.5. The van der Waals surface area contributed by atoms with Crippen LogP contribution in [-0.2, 0) is 17.8 Å². The van der Waals surface area contributed by atoms with Gasteiger partial charge in [0.25, 0.3) is 0 Å². The molecule has 196 valence electrons. The number of aromatic nitrogens is 4. The predicted molar refractivity (Wildman–Crippen MR) is 150 cm³/mol. The molecule has 9 nitrogen and oxygen atoms in total. The molecular formula is C30H28N6O3. The molecule has 0 bridgehead atoms. The number of phenols is 1. The SMILES string of the molecule is CC(C)c1ccc2nc(-c3cccnc3N)n(-c3ccc(CNC(=O)Cc4ccc(C=O)c(O)c4)cc3)c2n1. The van der Waals surface area contributed by atoms with E-state index in [0.717, 1.165) is 28.1 Å². The first-order chi connectivity index (χ1) is 18.8. The summed E-state index contributed by atoms with van der Waals surface area (Å²) in [4.78, 5) is 37.3. The lowest BCUT2D eigenvalue weighted by Crippen LogP contribution is -2.24. The minimum absolute atomic E-state index is 0.0888. The van der Waals surface area contributed by atoms with Crippen molar-refractivity contribution < 1.29 is 14.7 Å². The lowest BCUT2D eigenvalue weighted by atomic mass is 10.1. The fourth-order valence-electron chi connectivity index (χ4n) is 4.34. The highest BCUT2D eigenvalue weighted by Gasteiger charge is 2.19. The van der Waals surface area contributed by atoms with Gasteiger partial charge in [0.2, 0.25) is 5.91 Å². The number of nitrogens with zero attached hydrogens (tertiary/aromatic N) is 4. The molecule has 0 radical (unpaired) electrons. The van der Waals surface area contributed by atoms with Gasteiger partial charge in [0.15, 0.2) is 17.8 Å². The standard InChI is InChI=1S/C30H28N6O3/c1-18(2)24-11-12-25-30(34-24)36(29(35-25)23-4-3-13-32-28(23)31)22-9-6-19(7-10-22)16-33-27(39)15-20-5-8-21(17-37)26(38)14-20/h3-14,17-18,38H,15-16H2,1-2H3,(H2,31,32)(H,33,39). The normalized spacial score (nSPS) is 11.2. The van der Waals surface area contributed by atoms with Gasteiger partial charge >= 0.3 is 0 Å². The van der Waals surface area contributed by atoms with Gasteiger partial charge in [-0.3, -0.25) is 14.2 Å². The molecule has 3 aromatic heterocycles. The molecule has 1 amide bonds. The van der Waals surface area contributed by atoms with Crippen molar-refractivity contribution in [3.8, 4) is 22.8 Å². The summed E-state index contributed by atoms with van der Waals surface area (Å²) in [5, 5.41) is 12.7. The molecule has 0 saturated carbocycles. The number of hydrogen-bond acceptors (Lipinski definition) is 7.